The first-order chi connectivity index (χ1) is 6.51. The summed E-state index contributed by atoms with van der Waals surface area (Å²) in [5.41, 5.74) is 5.12. The summed E-state index contributed by atoms with van der Waals surface area (Å²) in [6.07, 6.45) is 0. The van der Waals surface area contributed by atoms with E-state index >= 15 is 0 Å². The maximum Gasteiger partial charge on any atom is 0.125 e. The van der Waals surface area contributed by atoms with Gasteiger partial charge in [-0.05, 0) is 25.1 Å². The van der Waals surface area contributed by atoms with E-state index in [1.165, 1.54) is 0 Å². The van der Waals surface area contributed by atoms with Gasteiger partial charge in [0.05, 0.1) is 7.11 Å². The van der Waals surface area contributed by atoms with E-state index in [0.717, 1.165) is 4.47 Å². The molecule has 0 aromatic heterocycles. The zero-order valence-corrected chi connectivity index (χ0v) is 9.84. The predicted molar refractivity (Wildman–Crippen MR) is 59.3 cm³/mol. The smallest absolute Gasteiger partial charge is 0.125 e. The Balaban J connectivity index is 3.23. The first kappa shape index (κ1) is 11.5. The average Bonchev–Trinajstić information content (AvgIpc) is 2.18. The van der Waals surface area contributed by atoms with E-state index in [4.69, 9.17) is 10.5 Å². The van der Waals surface area contributed by atoms with Crippen molar-refractivity contribution in [2.75, 3.05) is 13.7 Å². The summed E-state index contributed by atoms with van der Waals surface area (Å²) in [5.74, 6) is 0.642. The van der Waals surface area contributed by atoms with E-state index < -0.39 is 5.60 Å². The molecule has 1 unspecified atom stereocenters. The molecule has 0 spiro atoms. The van der Waals surface area contributed by atoms with Gasteiger partial charge >= 0.3 is 0 Å². The van der Waals surface area contributed by atoms with Gasteiger partial charge in [0.1, 0.15) is 11.4 Å². The minimum absolute atomic E-state index is 0.153. The molecule has 78 valence electrons. The van der Waals surface area contributed by atoms with Crippen molar-refractivity contribution in [1.82, 2.24) is 0 Å². The minimum Gasteiger partial charge on any atom is -0.496 e. The topological polar surface area (TPSA) is 55.5 Å². The standard InChI is InChI=1S/C10H14BrNO2/c1-10(13,6-12)8-5-7(11)3-4-9(8)14-2/h3-5,13H,6,12H2,1-2H3. The number of ether oxygens (including phenoxy) is 1. The molecule has 3 N–H and O–H groups in total. The molecule has 0 aliphatic rings. The molecule has 3 nitrogen and oxygen atoms in total. The number of methoxy groups -OCH3 is 1. The summed E-state index contributed by atoms with van der Waals surface area (Å²) in [6.45, 7) is 1.82. The highest BCUT2D eigenvalue weighted by molar-refractivity contribution is 9.10. The molecule has 1 rings (SSSR count). The van der Waals surface area contributed by atoms with E-state index in [-0.39, 0.29) is 6.54 Å². The van der Waals surface area contributed by atoms with Crippen LogP contribution < -0.4 is 10.5 Å². The second-order valence-corrected chi connectivity index (χ2v) is 4.24. The van der Waals surface area contributed by atoms with Gasteiger partial charge in [-0.25, -0.2) is 0 Å². The zero-order valence-electron chi connectivity index (χ0n) is 8.25. The molecule has 0 amide bonds. The van der Waals surface area contributed by atoms with Gasteiger partial charge < -0.3 is 15.6 Å². The van der Waals surface area contributed by atoms with Gasteiger partial charge in [-0.2, -0.15) is 0 Å². The lowest BCUT2D eigenvalue weighted by Gasteiger charge is -2.24. The Morgan fingerprint density at radius 2 is 2.21 bits per heavy atom. The quantitative estimate of drug-likeness (QED) is 0.868. The summed E-state index contributed by atoms with van der Waals surface area (Å²) in [7, 11) is 1.57. The Labute approximate surface area is 92.0 Å². The minimum atomic E-state index is -1.06. The molecule has 0 aliphatic carbocycles. The van der Waals surface area contributed by atoms with Gasteiger partial charge in [-0.3, -0.25) is 0 Å². The number of halogens is 1. The molecular weight excluding hydrogens is 246 g/mol. The SMILES string of the molecule is COc1ccc(Br)cc1C(C)(O)CN. The Bertz CT molecular complexity index is 326. The molecule has 1 aromatic rings. The molecule has 0 saturated carbocycles. The number of nitrogens with two attached hydrogens (primary N) is 1. The Morgan fingerprint density at radius 1 is 1.57 bits per heavy atom. The monoisotopic (exact) mass is 259 g/mol. The highest BCUT2D eigenvalue weighted by Crippen LogP contribution is 2.31. The van der Waals surface area contributed by atoms with Gasteiger partial charge in [-0.1, -0.05) is 15.9 Å². The van der Waals surface area contributed by atoms with Crippen molar-refractivity contribution in [3.05, 3.63) is 28.2 Å². The second kappa shape index (κ2) is 4.29. The van der Waals surface area contributed by atoms with Gasteiger partial charge in [0.2, 0.25) is 0 Å². The van der Waals surface area contributed by atoms with Crippen LogP contribution in [0.5, 0.6) is 5.75 Å². The van der Waals surface area contributed by atoms with Crippen LogP contribution in [0.15, 0.2) is 22.7 Å². The van der Waals surface area contributed by atoms with Crippen LogP contribution in [0.1, 0.15) is 12.5 Å². The van der Waals surface area contributed by atoms with Crippen LogP contribution in [0, 0.1) is 0 Å². The van der Waals surface area contributed by atoms with Crippen LogP contribution in [-0.4, -0.2) is 18.8 Å². The fourth-order valence-electron chi connectivity index (χ4n) is 1.21. The molecular formula is C10H14BrNO2. The molecule has 4 heteroatoms. The molecule has 0 radical (unpaired) electrons. The first-order valence-corrected chi connectivity index (χ1v) is 5.07. The normalized spacial score (nSPS) is 14.9. The van der Waals surface area contributed by atoms with E-state index in [2.05, 4.69) is 15.9 Å². The van der Waals surface area contributed by atoms with Crippen molar-refractivity contribution in [2.24, 2.45) is 5.73 Å². The molecule has 1 aromatic carbocycles. The van der Waals surface area contributed by atoms with Crippen molar-refractivity contribution in [2.45, 2.75) is 12.5 Å². The van der Waals surface area contributed by atoms with Crippen LogP contribution in [0.3, 0.4) is 0 Å². The van der Waals surface area contributed by atoms with Crippen molar-refractivity contribution in [3.8, 4) is 5.75 Å². The highest BCUT2D eigenvalue weighted by Gasteiger charge is 2.25. The molecule has 0 saturated heterocycles. The summed E-state index contributed by atoms with van der Waals surface area (Å²) in [5, 5.41) is 10.0. The first-order valence-electron chi connectivity index (χ1n) is 4.27. The maximum atomic E-state index is 10.0. The average molecular weight is 260 g/mol. The largest absolute Gasteiger partial charge is 0.496 e. The summed E-state index contributed by atoms with van der Waals surface area (Å²) in [4.78, 5) is 0. The fourth-order valence-corrected chi connectivity index (χ4v) is 1.57. The van der Waals surface area contributed by atoms with Crippen LogP contribution in [-0.2, 0) is 5.60 Å². The van der Waals surface area contributed by atoms with Crippen molar-refractivity contribution >= 4 is 15.9 Å². The van der Waals surface area contributed by atoms with E-state index in [1.807, 2.05) is 12.1 Å². The number of aliphatic hydroxyl groups is 1. The zero-order chi connectivity index (χ0) is 10.8. The third-order valence-electron chi connectivity index (χ3n) is 2.14. The molecule has 0 heterocycles. The van der Waals surface area contributed by atoms with Crippen molar-refractivity contribution in [3.63, 3.8) is 0 Å². The predicted octanol–water partition coefficient (Wildman–Crippen LogP) is 1.62. The molecule has 1 atom stereocenters. The molecule has 0 bridgehead atoms. The summed E-state index contributed by atoms with van der Waals surface area (Å²) >= 11 is 3.34. The lowest BCUT2D eigenvalue weighted by molar-refractivity contribution is 0.0640. The lowest BCUT2D eigenvalue weighted by atomic mass is 9.95. The summed E-state index contributed by atoms with van der Waals surface area (Å²) < 4.78 is 6.04. The third-order valence-corrected chi connectivity index (χ3v) is 2.63. The van der Waals surface area contributed by atoms with Gasteiger partial charge in [-0.15, -0.1) is 0 Å². The number of rotatable bonds is 3. The van der Waals surface area contributed by atoms with Gasteiger partial charge in [0, 0.05) is 16.6 Å². The number of benzene rings is 1. The van der Waals surface area contributed by atoms with Crippen molar-refractivity contribution < 1.29 is 9.84 Å². The third kappa shape index (κ3) is 2.26. The van der Waals surface area contributed by atoms with Crippen LogP contribution in [0.2, 0.25) is 0 Å². The second-order valence-electron chi connectivity index (χ2n) is 3.32. The summed E-state index contributed by atoms with van der Waals surface area (Å²) in [6, 6.07) is 5.46. The Morgan fingerprint density at radius 3 is 2.71 bits per heavy atom. The highest BCUT2D eigenvalue weighted by atomic mass is 79.9. The van der Waals surface area contributed by atoms with Gasteiger partial charge in [0.15, 0.2) is 0 Å². The number of hydrogen-bond acceptors (Lipinski definition) is 3. The Hall–Kier alpha value is -0.580. The fraction of sp³-hybridized carbons (Fsp3) is 0.400. The van der Waals surface area contributed by atoms with Crippen molar-refractivity contribution in [1.29, 1.82) is 0 Å². The maximum absolute atomic E-state index is 10.0. The molecule has 0 aliphatic heterocycles. The van der Waals surface area contributed by atoms with Crippen LogP contribution in [0.4, 0.5) is 0 Å². The van der Waals surface area contributed by atoms with E-state index in [1.54, 1.807) is 20.1 Å². The molecule has 0 fully saturated rings. The van der Waals surface area contributed by atoms with E-state index in [0.29, 0.717) is 11.3 Å². The van der Waals surface area contributed by atoms with Crippen LogP contribution in [0.25, 0.3) is 0 Å². The Kier molecular flexibility index (Phi) is 3.53. The molecule has 14 heavy (non-hydrogen) atoms. The van der Waals surface area contributed by atoms with E-state index in [9.17, 15) is 5.11 Å². The lowest BCUT2D eigenvalue weighted by Crippen LogP contribution is -2.31. The number of hydrogen-bond donors (Lipinski definition) is 2. The van der Waals surface area contributed by atoms with Gasteiger partial charge in [0.25, 0.3) is 0 Å². The van der Waals surface area contributed by atoms with Crippen LogP contribution >= 0.6 is 15.9 Å².